The second-order valence-corrected chi connectivity index (χ2v) is 14.4. The van der Waals surface area contributed by atoms with Crippen molar-refractivity contribution in [2.75, 3.05) is 12.4 Å². The van der Waals surface area contributed by atoms with E-state index in [0.29, 0.717) is 0 Å². The van der Waals surface area contributed by atoms with Crippen LogP contribution >= 0.6 is 0 Å². The number of anilines is 1. The van der Waals surface area contributed by atoms with E-state index in [9.17, 15) is 39.9 Å². The fourth-order valence-corrected chi connectivity index (χ4v) is 7.03. The van der Waals surface area contributed by atoms with E-state index in [1.165, 1.54) is 53.0 Å². The number of carbonyl (C=O) groups excluding carboxylic acids is 3. The second-order valence-electron chi connectivity index (χ2n) is 14.4. The van der Waals surface area contributed by atoms with Crippen LogP contribution in [0.4, 0.5) is 5.69 Å². The molecule has 0 aromatic heterocycles. The van der Waals surface area contributed by atoms with Crippen LogP contribution in [0.2, 0.25) is 0 Å². The van der Waals surface area contributed by atoms with Gasteiger partial charge in [0.15, 0.2) is 5.75 Å². The third kappa shape index (κ3) is 8.29. The van der Waals surface area contributed by atoms with Gasteiger partial charge in [-0.15, -0.1) is 5.10 Å². The number of rotatable bonds is 4. The lowest BCUT2D eigenvalue weighted by Crippen LogP contribution is -2.46. The Morgan fingerprint density at radius 2 is 1.62 bits per heavy atom. The SMILES string of the molecule is CO[C@H]1/C=C/O[C@@]2(C)Oc3c(C)c(O)c4c(O)c(c(/C=N\N=C(N)N)c(O)c4c3C2=O)NC(=O)/C(C)=C\C=C\[C@@H](C)[C@H](O)[C@@H](C)[C@@H](O)[C@@H](C)[C@H](OC(C)=O)[C@@H]1C. The van der Waals surface area contributed by atoms with Crippen molar-refractivity contribution in [3.63, 3.8) is 0 Å². The van der Waals surface area contributed by atoms with Gasteiger partial charge in [-0.1, -0.05) is 45.9 Å². The van der Waals surface area contributed by atoms with Gasteiger partial charge in [-0.25, -0.2) is 0 Å². The number of esters is 1. The molecule has 5 rings (SSSR count). The van der Waals surface area contributed by atoms with E-state index in [1.54, 1.807) is 33.8 Å². The van der Waals surface area contributed by atoms with Crippen molar-refractivity contribution in [3.8, 4) is 23.0 Å². The number of guanidine groups is 1. The number of aliphatic hydroxyl groups excluding tert-OH is 2. The van der Waals surface area contributed by atoms with E-state index in [1.807, 2.05) is 0 Å². The molecule has 3 aliphatic rings. The Bertz CT molecular complexity index is 2040. The van der Waals surface area contributed by atoms with Crippen molar-refractivity contribution in [1.29, 1.82) is 0 Å². The lowest BCUT2D eigenvalue weighted by atomic mass is 9.78. The summed E-state index contributed by atoms with van der Waals surface area (Å²) >= 11 is 0. The summed E-state index contributed by atoms with van der Waals surface area (Å²) in [6, 6.07) is 0. The molecule has 5 bridgehead atoms. The van der Waals surface area contributed by atoms with Crippen molar-refractivity contribution in [2.45, 2.75) is 85.6 Å². The van der Waals surface area contributed by atoms with Crippen LogP contribution in [0.15, 0.2) is 46.3 Å². The molecule has 2 aromatic carbocycles. The number of fused-ring (bicyclic) bond motifs is 14. The Balaban J connectivity index is 1.99. The molecule has 1 amide bonds. The maximum absolute atomic E-state index is 14.3. The number of ketones is 1. The molecule has 0 radical (unpaired) electrons. The Kier molecular flexibility index (Phi) is 13.1. The van der Waals surface area contributed by atoms with Crippen LogP contribution in [-0.4, -0.2) is 92.7 Å². The number of carbonyl (C=O) groups is 3. The number of ether oxygens (including phenoxy) is 4. The molecule has 0 aliphatic carbocycles. The first-order chi connectivity index (χ1) is 26.2. The molecule has 0 spiro atoms. The molecular weight excluding hydrogens is 730 g/mol. The van der Waals surface area contributed by atoms with E-state index in [4.69, 9.17) is 30.4 Å². The van der Waals surface area contributed by atoms with Crippen molar-refractivity contribution < 1.29 is 58.9 Å². The monoisotopic (exact) mass is 781 g/mol. The molecule has 17 nitrogen and oxygen atoms in total. The van der Waals surface area contributed by atoms with Crippen molar-refractivity contribution >= 4 is 46.3 Å². The van der Waals surface area contributed by atoms with Gasteiger partial charge in [0.2, 0.25) is 5.96 Å². The van der Waals surface area contributed by atoms with Crippen LogP contribution < -0.4 is 21.5 Å². The first-order valence-electron chi connectivity index (χ1n) is 17.9. The van der Waals surface area contributed by atoms with Crippen molar-refractivity contribution in [3.05, 3.63) is 52.8 Å². The fraction of sp³-hybridized carbons (Fsp3) is 0.462. The minimum atomic E-state index is -2.09. The van der Waals surface area contributed by atoms with E-state index < -0.39 is 106 Å². The van der Waals surface area contributed by atoms with Crippen LogP contribution in [-0.2, 0) is 23.8 Å². The molecule has 10 N–H and O–H groups in total. The van der Waals surface area contributed by atoms with Crippen LogP contribution in [0.3, 0.4) is 0 Å². The Hall–Kier alpha value is -5.65. The lowest BCUT2D eigenvalue weighted by molar-refractivity contribution is -0.160. The highest BCUT2D eigenvalue weighted by Gasteiger charge is 2.50. The molecule has 3 heterocycles. The van der Waals surface area contributed by atoms with E-state index in [2.05, 4.69) is 15.5 Å². The maximum Gasteiger partial charge on any atom is 0.312 e. The quantitative estimate of drug-likeness (QED) is 0.0552. The topological polar surface area (TPSA) is 278 Å². The van der Waals surface area contributed by atoms with Crippen molar-refractivity contribution in [2.24, 2.45) is 45.3 Å². The third-order valence-corrected chi connectivity index (χ3v) is 10.4. The molecule has 304 valence electrons. The number of nitrogens with one attached hydrogen (secondary N) is 1. The predicted molar refractivity (Wildman–Crippen MR) is 207 cm³/mol. The highest BCUT2D eigenvalue weighted by atomic mass is 16.7. The summed E-state index contributed by atoms with van der Waals surface area (Å²) in [6.45, 7) is 12.3. The Morgan fingerprint density at radius 1 is 0.964 bits per heavy atom. The summed E-state index contributed by atoms with van der Waals surface area (Å²) in [5.74, 6) is -9.46. The zero-order chi connectivity index (χ0) is 42.0. The van der Waals surface area contributed by atoms with Gasteiger partial charge >= 0.3 is 11.8 Å². The van der Waals surface area contributed by atoms with Gasteiger partial charge in [0, 0.05) is 61.2 Å². The summed E-state index contributed by atoms with van der Waals surface area (Å²) < 4.78 is 23.3. The van der Waals surface area contributed by atoms with Crippen LogP contribution in [0.5, 0.6) is 23.0 Å². The Labute approximate surface area is 324 Å². The molecular formula is C39H51N5O12. The molecule has 0 fully saturated rings. The molecule has 0 saturated carbocycles. The number of benzene rings is 2. The number of Topliss-reactive ketones (excluding diaryl/α,β-unsaturated/α-hetero) is 1. The summed E-state index contributed by atoms with van der Waals surface area (Å²) in [5, 5.41) is 66.7. The van der Waals surface area contributed by atoms with Crippen LogP contribution in [0, 0.1) is 30.6 Å². The minimum Gasteiger partial charge on any atom is -0.507 e. The number of hydrogen-bond acceptors (Lipinski definition) is 14. The summed E-state index contributed by atoms with van der Waals surface area (Å²) in [7, 11) is 1.41. The smallest absolute Gasteiger partial charge is 0.312 e. The summed E-state index contributed by atoms with van der Waals surface area (Å²) in [6.07, 6.45) is 4.19. The number of phenols is 3. The van der Waals surface area contributed by atoms with Gasteiger partial charge in [-0.05, 0) is 19.9 Å². The van der Waals surface area contributed by atoms with Gasteiger partial charge in [-0.2, -0.15) is 5.10 Å². The number of aromatic hydroxyl groups is 3. The average molecular weight is 782 g/mol. The van der Waals surface area contributed by atoms with Gasteiger partial charge in [0.1, 0.15) is 23.4 Å². The average Bonchev–Trinajstić information content (AvgIpc) is 3.41. The number of nitrogens with zero attached hydrogens (tertiary/aromatic N) is 2. The van der Waals surface area contributed by atoms with Crippen LogP contribution in [0.25, 0.3) is 10.8 Å². The van der Waals surface area contributed by atoms with E-state index in [-0.39, 0.29) is 33.4 Å². The number of phenolic OH excluding ortho intramolecular Hbond substituents is 3. The summed E-state index contributed by atoms with van der Waals surface area (Å²) in [4.78, 5) is 40.1. The summed E-state index contributed by atoms with van der Waals surface area (Å²) in [5.41, 5.74) is 9.94. The molecule has 2 aromatic rings. The first-order valence-corrected chi connectivity index (χ1v) is 17.9. The number of methoxy groups -OCH3 is 1. The highest BCUT2D eigenvalue weighted by molar-refractivity contribution is 6.23. The number of amides is 1. The fourth-order valence-electron chi connectivity index (χ4n) is 7.03. The molecule has 56 heavy (non-hydrogen) atoms. The largest absolute Gasteiger partial charge is 0.507 e. The predicted octanol–water partition coefficient (Wildman–Crippen LogP) is 3.36. The molecule has 3 aliphatic heterocycles. The van der Waals surface area contributed by atoms with Gasteiger partial charge in [0.25, 0.3) is 11.7 Å². The molecule has 9 atom stereocenters. The Morgan fingerprint density at radius 3 is 2.23 bits per heavy atom. The number of aliphatic hydroxyl groups is 2. The van der Waals surface area contributed by atoms with Gasteiger partial charge in [0.05, 0.1) is 53.0 Å². The number of nitrogens with two attached hydrogens (primary N) is 2. The molecule has 0 saturated heterocycles. The zero-order valence-electron chi connectivity index (χ0n) is 32.7. The van der Waals surface area contributed by atoms with Crippen molar-refractivity contribution in [1.82, 2.24) is 0 Å². The molecule has 0 unspecified atom stereocenters. The minimum absolute atomic E-state index is 0.00323. The van der Waals surface area contributed by atoms with E-state index in [0.717, 1.165) is 12.5 Å². The zero-order valence-corrected chi connectivity index (χ0v) is 32.7. The third-order valence-electron chi connectivity index (χ3n) is 10.4. The van der Waals surface area contributed by atoms with Gasteiger partial charge in [-0.3, -0.25) is 14.4 Å². The maximum atomic E-state index is 14.3. The molecule has 17 heteroatoms. The number of allylic oxidation sites excluding steroid dienone is 2. The normalized spacial score (nSPS) is 30.9. The number of hydrogen-bond donors (Lipinski definition) is 8. The first kappa shape index (κ1) is 43.1. The highest BCUT2D eigenvalue weighted by Crippen LogP contribution is 2.55. The lowest BCUT2D eigenvalue weighted by Gasteiger charge is -2.38. The van der Waals surface area contributed by atoms with E-state index >= 15 is 0 Å². The van der Waals surface area contributed by atoms with Gasteiger partial charge < -0.3 is 61.3 Å². The standard InChI is InChI=1S/C39H51N5O12/c1-16-11-10-12-17(2)37(52)43-28-23(15-42-44-38(40)41)32(49)25-26(33(28)50)31(48)21(6)35-27(25)36(51)39(8,56-35)54-14-13-24(53-9)18(3)34(55-22(7)45)20(5)30(47)19(4)29(16)46/h10-16,18-20,24,29-30,34,46-50H,1-9H3,(H,43,52)(H4,40,41,44)/b11-10+,14-13+,17-12-,42-15-/t16-,18-,19-,20-,24+,29+,30-,34-,39+/m1/s1. The second kappa shape index (κ2) is 17.0. The van der Waals surface area contributed by atoms with Crippen LogP contribution in [0.1, 0.15) is 70.0 Å².